The largest absolute Gasteiger partial charge is 0.458 e. The second-order valence-corrected chi connectivity index (χ2v) is 33.0. The van der Waals surface area contributed by atoms with Crippen molar-refractivity contribution in [2.45, 2.75) is 41.5 Å². The number of hydrogen-bond donors (Lipinski definition) is 0. The number of benzene rings is 18. The summed E-state index contributed by atoms with van der Waals surface area (Å²) in [7, 11) is 0. The van der Waals surface area contributed by atoms with Crippen molar-refractivity contribution < 1.29 is 28.4 Å². The molecule has 0 unspecified atom stereocenters. The lowest BCUT2D eigenvalue weighted by atomic mass is 9.34. The molecule has 9 heteroatoms. The summed E-state index contributed by atoms with van der Waals surface area (Å²) in [4.78, 5) is 0. The minimum atomic E-state index is -0.00902. The molecule has 0 radical (unpaired) electrons. The lowest BCUT2D eigenvalue weighted by Gasteiger charge is -2.34. The van der Waals surface area contributed by atoms with Gasteiger partial charge < -0.3 is 28.4 Å². The van der Waals surface area contributed by atoms with Gasteiger partial charge in [0.1, 0.15) is 69.0 Å². The van der Waals surface area contributed by atoms with Gasteiger partial charge in [0.2, 0.25) is 0 Å². The molecule has 0 saturated heterocycles. The third kappa shape index (κ3) is 13.1. The van der Waals surface area contributed by atoms with Crippen molar-refractivity contribution in [3.8, 4) is 169 Å². The minimum Gasteiger partial charge on any atom is -0.458 e. The average molecular weight is 1580 g/mol. The molecule has 123 heavy (non-hydrogen) atoms. The maximum Gasteiger partial charge on any atom is 0.260 e. The number of ether oxygens (including phenoxy) is 6. The Labute approximate surface area is 719 Å². The van der Waals surface area contributed by atoms with Gasteiger partial charge in [-0.1, -0.05) is 309 Å². The molecule has 0 N–H and O–H groups in total. The first-order valence-electron chi connectivity index (χ1n) is 42.4. The fraction of sp³-hybridized carbons (Fsp3) is 0.0526. The molecule has 18 aromatic carbocycles. The lowest BCUT2D eigenvalue weighted by Crippen LogP contribution is -2.57. The van der Waals surface area contributed by atoms with E-state index in [1.54, 1.807) is 0 Å². The van der Waals surface area contributed by atoms with Crippen molar-refractivity contribution in [3.63, 3.8) is 0 Å². The van der Waals surface area contributed by atoms with Crippen molar-refractivity contribution in [3.05, 3.63) is 416 Å². The van der Waals surface area contributed by atoms with Gasteiger partial charge in [0.05, 0.1) is 0 Å². The maximum absolute atomic E-state index is 6.92. The molecule has 0 fully saturated rings. The molecular formula is C114H81B3O6. The van der Waals surface area contributed by atoms with E-state index >= 15 is 0 Å². The molecule has 0 atom stereocenters. The quantitative estimate of drug-likeness (QED) is 0.134. The Morgan fingerprint density at radius 3 is 0.740 bits per heavy atom. The molecule has 0 aromatic heterocycles. The highest BCUT2D eigenvalue weighted by molar-refractivity contribution is 7.00. The van der Waals surface area contributed by atoms with E-state index in [0.717, 1.165) is 152 Å². The number of hydrogen-bond acceptors (Lipinski definition) is 6. The molecule has 0 amide bonds. The first-order valence-corrected chi connectivity index (χ1v) is 42.4. The van der Waals surface area contributed by atoms with Crippen LogP contribution in [0.1, 0.15) is 33.4 Å². The number of aryl methyl sites for hydroxylation is 6. The van der Waals surface area contributed by atoms with E-state index in [4.69, 9.17) is 28.4 Å². The first kappa shape index (κ1) is 74.3. The number of fused-ring (bicyclic) bond motifs is 12. The topological polar surface area (TPSA) is 55.4 Å². The molecule has 18 aromatic rings. The van der Waals surface area contributed by atoms with Crippen LogP contribution in [0.5, 0.6) is 69.0 Å². The van der Waals surface area contributed by atoms with Crippen LogP contribution in [0, 0.1) is 41.5 Å². The Bertz CT molecular complexity index is 7290. The summed E-state index contributed by atoms with van der Waals surface area (Å²) in [5.74, 6) is 10.6. The van der Waals surface area contributed by atoms with Crippen LogP contribution in [0.2, 0.25) is 0 Å². The van der Waals surface area contributed by atoms with Crippen molar-refractivity contribution in [2.24, 2.45) is 0 Å². The van der Waals surface area contributed by atoms with Gasteiger partial charge in [-0.15, -0.1) is 0 Å². The van der Waals surface area contributed by atoms with Crippen LogP contribution in [0.15, 0.2) is 382 Å². The molecule has 6 aliphatic rings. The number of rotatable bonds is 9. The molecule has 6 aliphatic heterocycles. The summed E-state index contributed by atoms with van der Waals surface area (Å²) in [5, 5.41) is 0. The second kappa shape index (κ2) is 30.6. The second-order valence-electron chi connectivity index (χ2n) is 33.0. The standard InChI is InChI=1S/3C38H27BO2/c1-24-10-6-8-14-29(24)27-17-20-34-33(22-27)39-32-19-16-28(30-15-9-7-11-25(30)2)23-36(32)41-38-31(26-12-4-3-5-13-26)18-21-35(40-34)37(38)39;1-24-10-6-8-14-29(24)28-16-19-32-36(23-28)41-38-31(30-15-9-7-11-25(30)2)18-21-35-37(38)39(32)33-22-27(17-20-34(33)40-35)26-12-4-3-5-13-26;1-24-10-6-8-14-29(24)28-17-20-34-33(22-28)39-32-19-16-27(26-12-4-3-5-13-26)23-36(32)41-38-31(18-21-35(40-34)37(38)39)30-15-9-7-11-25(30)2/h3*3-23H,1-2H3. The molecule has 0 saturated carbocycles. The fourth-order valence-electron chi connectivity index (χ4n) is 19.4. The average Bonchev–Trinajstić information content (AvgIpc) is 0.724. The van der Waals surface area contributed by atoms with Gasteiger partial charge in [0.25, 0.3) is 20.1 Å². The zero-order valence-corrected chi connectivity index (χ0v) is 69.1. The van der Waals surface area contributed by atoms with Crippen LogP contribution in [0.4, 0.5) is 0 Å². The first-order chi connectivity index (χ1) is 60.5. The van der Waals surface area contributed by atoms with Crippen LogP contribution in [0.25, 0.3) is 100 Å². The molecule has 6 heterocycles. The van der Waals surface area contributed by atoms with Crippen LogP contribution in [-0.2, 0) is 0 Å². The van der Waals surface area contributed by atoms with Crippen LogP contribution >= 0.6 is 0 Å². The van der Waals surface area contributed by atoms with Gasteiger partial charge in [-0.05, 0) is 264 Å². The van der Waals surface area contributed by atoms with Gasteiger partial charge in [-0.3, -0.25) is 0 Å². The van der Waals surface area contributed by atoms with Crippen molar-refractivity contribution >= 4 is 69.3 Å². The molecule has 0 bridgehead atoms. The van der Waals surface area contributed by atoms with Crippen molar-refractivity contribution in [1.82, 2.24) is 0 Å². The third-order valence-electron chi connectivity index (χ3n) is 25.6. The van der Waals surface area contributed by atoms with Gasteiger partial charge in [-0.2, -0.15) is 0 Å². The Balaban J connectivity index is 0.000000110. The van der Waals surface area contributed by atoms with E-state index in [0.29, 0.717) is 0 Å². The Morgan fingerprint density at radius 1 is 0.146 bits per heavy atom. The monoisotopic (exact) mass is 1580 g/mol. The van der Waals surface area contributed by atoms with E-state index in [-0.39, 0.29) is 20.1 Å². The smallest absolute Gasteiger partial charge is 0.260 e. The molecule has 6 nitrogen and oxygen atoms in total. The summed E-state index contributed by atoms with van der Waals surface area (Å²) in [6, 6.07) is 135. The zero-order chi connectivity index (χ0) is 82.5. The molecule has 24 rings (SSSR count). The van der Waals surface area contributed by atoms with Crippen LogP contribution in [0.3, 0.4) is 0 Å². The zero-order valence-electron chi connectivity index (χ0n) is 69.1. The Hall–Kier alpha value is -15.0. The predicted molar refractivity (Wildman–Crippen MR) is 510 cm³/mol. The van der Waals surface area contributed by atoms with Crippen LogP contribution < -0.4 is 77.6 Å². The summed E-state index contributed by atoms with van der Waals surface area (Å²) in [6.07, 6.45) is 0. The van der Waals surface area contributed by atoms with Gasteiger partial charge >= 0.3 is 0 Å². The van der Waals surface area contributed by atoms with E-state index in [9.17, 15) is 0 Å². The third-order valence-corrected chi connectivity index (χ3v) is 25.6. The molecular weight excluding hydrogens is 1500 g/mol. The highest BCUT2D eigenvalue weighted by Gasteiger charge is 2.46. The SMILES string of the molecule is Cc1ccccc1-c1ccc2c(c1)B1c3ccc(-c4ccccc4)cc3Oc3c(-c4ccccc4C)ccc(c31)O2.Cc1ccccc1-c1ccc2c(c1)Oc1c(-c3ccccc3)ccc3c1B2c1cc(-c2ccccc2C)ccc1O3.Cc1ccccc1-c1ccc2c(c1)Oc1c(-c3ccccc3C)ccc3c1B2c1cc(-c2ccccc2)ccc1O3. The van der Waals surface area contributed by atoms with Crippen molar-refractivity contribution in [1.29, 1.82) is 0 Å². The van der Waals surface area contributed by atoms with E-state index in [2.05, 4.69) is 418 Å². The highest BCUT2D eigenvalue weighted by atomic mass is 16.5. The lowest BCUT2D eigenvalue weighted by molar-refractivity contribution is 0.465. The highest BCUT2D eigenvalue weighted by Crippen LogP contribution is 2.48. The predicted octanol–water partition coefficient (Wildman–Crippen LogP) is 24.1. The summed E-state index contributed by atoms with van der Waals surface area (Å²) in [5.41, 5.74) is 38.7. The maximum atomic E-state index is 6.92. The van der Waals surface area contributed by atoms with Gasteiger partial charge in [0, 0.05) is 33.1 Å². The summed E-state index contributed by atoms with van der Waals surface area (Å²) < 4.78 is 40.4. The molecule has 0 aliphatic carbocycles. The molecule has 0 spiro atoms. The van der Waals surface area contributed by atoms with Crippen molar-refractivity contribution in [2.75, 3.05) is 0 Å². The van der Waals surface area contributed by atoms with E-state index in [1.807, 2.05) is 6.07 Å². The fourth-order valence-corrected chi connectivity index (χ4v) is 19.4. The van der Waals surface area contributed by atoms with Crippen LogP contribution in [-0.4, -0.2) is 20.1 Å². The Kier molecular flexibility index (Phi) is 18.5. The Morgan fingerprint density at radius 2 is 0.390 bits per heavy atom. The summed E-state index contributed by atoms with van der Waals surface area (Å²) >= 11 is 0. The normalized spacial score (nSPS) is 12.5. The van der Waals surface area contributed by atoms with E-state index in [1.165, 1.54) is 100 Å². The van der Waals surface area contributed by atoms with Gasteiger partial charge in [-0.25, -0.2) is 0 Å². The molecule has 582 valence electrons. The summed E-state index contributed by atoms with van der Waals surface area (Å²) in [6.45, 7) is 12.9. The van der Waals surface area contributed by atoms with E-state index < -0.39 is 0 Å². The minimum absolute atomic E-state index is 0.00829. The van der Waals surface area contributed by atoms with Gasteiger partial charge in [0.15, 0.2) is 0 Å².